The van der Waals surface area contributed by atoms with E-state index in [1.165, 1.54) is 32.1 Å². The summed E-state index contributed by atoms with van der Waals surface area (Å²) in [5.41, 5.74) is -0.906. The van der Waals surface area contributed by atoms with Crippen LogP contribution >= 0.6 is 0 Å². The summed E-state index contributed by atoms with van der Waals surface area (Å²) in [6, 6.07) is 1.61. The Kier molecular flexibility index (Phi) is 9.14. The molecule has 0 aromatic carbocycles. The fourth-order valence-corrected chi connectivity index (χ4v) is 4.95. The summed E-state index contributed by atoms with van der Waals surface area (Å²) in [5.74, 6) is 0.566. The zero-order valence-corrected chi connectivity index (χ0v) is 19.6. The molecular weight excluding hydrogens is 410 g/mol. The van der Waals surface area contributed by atoms with E-state index in [1.807, 2.05) is 13.8 Å². The maximum absolute atomic E-state index is 13.1. The molecule has 2 heterocycles. The number of nitrogens with one attached hydrogen (secondary N) is 2. The Bertz CT molecular complexity index is 670. The lowest BCUT2D eigenvalue weighted by atomic mass is 9.89. The quantitative estimate of drug-likeness (QED) is 0.584. The van der Waals surface area contributed by atoms with Crippen molar-refractivity contribution in [1.82, 2.24) is 20.6 Å². The number of morpholine rings is 1. The molecule has 0 aromatic rings. The summed E-state index contributed by atoms with van der Waals surface area (Å²) < 4.78 is 5.26. The molecule has 2 atom stereocenters. The smallest absolute Gasteiger partial charge is 0.379 e. The number of hydroxylamine groups is 2. The van der Waals surface area contributed by atoms with Gasteiger partial charge in [0.25, 0.3) is 0 Å². The van der Waals surface area contributed by atoms with Crippen LogP contribution in [0.1, 0.15) is 58.8 Å². The third-order valence-corrected chi connectivity index (χ3v) is 6.66. The van der Waals surface area contributed by atoms with E-state index in [9.17, 15) is 14.9 Å². The van der Waals surface area contributed by atoms with Gasteiger partial charge in [-0.15, -0.1) is 5.06 Å². The maximum Gasteiger partial charge on any atom is 0.426 e. The lowest BCUT2D eigenvalue weighted by Crippen LogP contribution is -2.57. The number of amides is 2. The number of hydrogen-bond acceptors (Lipinski definition) is 7. The van der Waals surface area contributed by atoms with Crippen LogP contribution in [0.2, 0.25) is 0 Å². The second-order valence-electron chi connectivity index (χ2n) is 9.92. The molecule has 0 spiro atoms. The van der Waals surface area contributed by atoms with Gasteiger partial charge < -0.3 is 20.2 Å². The highest BCUT2D eigenvalue weighted by Gasteiger charge is 2.41. The highest BCUT2D eigenvalue weighted by atomic mass is 16.7. The number of carbonyl (C=O) groups excluding carboxylic acids is 2. The average Bonchev–Trinajstić information content (AvgIpc) is 3.17. The molecule has 3 rings (SSSR count). The molecule has 1 saturated carbocycles. The molecule has 3 aliphatic rings. The molecule has 1 aliphatic carbocycles. The predicted octanol–water partition coefficient (Wildman–Crippen LogP) is 2.04. The highest BCUT2D eigenvalue weighted by Crippen LogP contribution is 2.28. The van der Waals surface area contributed by atoms with E-state index in [1.54, 1.807) is 5.06 Å². The molecular formula is C23H39N5O4. The van der Waals surface area contributed by atoms with Crippen LogP contribution in [0.3, 0.4) is 0 Å². The van der Waals surface area contributed by atoms with Gasteiger partial charge in [0.05, 0.1) is 32.4 Å². The van der Waals surface area contributed by atoms with Crippen molar-refractivity contribution in [2.24, 2.45) is 11.8 Å². The fraction of sp³-hybridized carbons (Fsp3) is 0.870. The maximum atomic E-state index is 13.1. The molecule has 180 valence electrons. The molecule has 0 bridgehead atoms. The van der Waals surface area contributed by atoms with E-state index in [0.29, 0.717) is 51.6 Å². The topological polar surface area (TPSA) is 107 Å². The summed E-state index contributed by atoms with van der Waals surface area (Å²) in [6.45, 7) is 8.36. The van der Waals surface area contributed by atoms with Gasteiger partial charge in [0.1, 0.15) is 11.6 Å². The molecule has 32 heavy (non-hydrogen) atoms. The molecule has 2 saturated heterocycles. The summed E-state index contributed by atoms with van der Waals surface area (Å²) in [6.07, 6.45) is 6.86. The van der Waals surface area contributed by atoms with Gasteiger partial charge in [-0.3, -0.25) is 9.69 Å². The predicted molar refractivity (Wildman–Crippen MR) is 119 cm³/mol. The molecule has 2 unspecified atom stereocenters. The number of rotatable bonds is 8. The van der Waals surface area contributed by atoms with Crippen LogP contribution in [0.25, 0.3) is 0 Å². The minimum atomic E-state index is -0.906. The Hall–Kier alpha value is -1.89. The summed E-state index contributed by atoms with van der Waals surface area (Å²) in [5, 5.41) is 17.2. The normalized spacial score (nSPS) is 26.4. The van der Waals surface area contributed by atoms with E-state index in [4.69, 9.17) is 9.57 Å². The van der Waals surface area contributed by atoms with E-state index in [-0.39, 0.29) is 11.8 Å². The Balaban J connectivity index is 1.55. The molecule has 3 fully saturated rings. The van der Waals surface area contributed by atoms with Crippen LogP contribution in [0.5, 0.6) is 0 Å². The van der Waals surface area contributed by atoms with Crippen LogP contribution in [0.4, 0.5) is 4.79 Å². The van der Waals surface area contributed by atoms with Gasteiger partial charge in [-0.05, 0) is 37.5 Å². The molecule has 9 nitrogen and oxygen atoms in total. The lowest BCUT2D eigenvalue weighted by molar-refractivity contribution is -0.147. The third-order valence-electron chi connectivity index (χ3n) is 6.66. The van der Waals surface area contributed by atoms with Gasteiger partial charge in [0.15, 0.2) is 0 Å². The first kappa shape index (κ1) is 24.7. The SMILES string of the molecule is CC(C)CC(NC(=O)ON1CCOCC1)C(=O)NC1(C#N)CCN(CC2CCCCC2)C1. The standard InChI is InChI=1S/C23H39N5O4/c1-18(2)14-20(25-22(30)32-28-10-12-31-13-11-28)21(29)26-23(16-24)8-9-27(17-23)15-19-6-4-3-5-7-19/h18-20H,3-15,17H2,1-2H3,(H,25,30)(H,26,29). The summed E-state index contributed by atoms with van der Waals surface area (Å²) >= 11 is 0. The van der Waals surface area contributed by atoms with E-state index >= 15 is 0 Å². The van der Waals surface area contributed by atoms with Gasteiger partial charge in [-0.1, -0.05) is 33.1 Å². The largest absolute Gasteiger partial charge is 0.426 e. The van der Waals surface area contributed by atoms with Crippen molar-refractivity contribution in [3.8, 4) is 6.07 Å². The molecule has 2 N–H and O–H groups in total. The van der Waals surface area contributed by atoms with Gasteiger partial charge in [0, 0.05) is 19.6 Å². The Morgan fingerprint density at radius 1 is 1.19 bits per heavy atom. The molecule has 9 heteroatoms. The monoisotopic (exact) mass is 449 g/mol. The van der Waals surface area contributed by atoms with Crippen molar-refractivity contribution in [3.05, 3.63) is 0 Å². The minimum Gasteiger partial charge on any atom is -0.379 e. The third kappa shape index (κ3) is 7.32. The zero-order valence-electron chi connectivity index (χ0n) is 19.6. The average molecular weight is 450 g/mol. The number of nitriles is 1. The van der Waals surface area contributed by atoms with Crippen LogP contribution in [0.15, 0.2) is 0 Å². The first-order valence-electron chi connectivity index (χ1n) is 12.2. The van der Waals surface area contributed by atoms with Gasteiger partial charge in [-0.2, -0.15) is 5.26 Å². The van der Waals surface area contributed by atoms with Crippen molar-refractivity contribution in [2.75, 3.05) is 45.9 Å². The lowest BCUT2D eigenvalue weighted by Gasteiger charge is -2.30. The van der Waals surface area contributed by atoms with Crippen LogP contribution in [-0.2, 0) is 14.4 Å². The molecule has 0 radical (unpaired) electrons. The Morgan fingerprint density at radius 2 is 1.91 bits per heavy atom. The molecule has 0 aromatic heterocycles. The highest BCUT2D eigenvalue weighted by molar-refractivity contribution is 5.86. The molecule has 2 aliphatic heterocycles. The minimum absolute atomic E-state index is 0.193. The van der Waals surface area contributed by atoms with Crippen molar-refractivity contribution in [2.45, 2.75) is 70.4 Å². The zero-order chi connectivity index (χ0) is 23.0. The number of carbonyl (C=O) groups is 2. The Labute approximate surface area is 191 Å². The summed E-state index contributed by atoms with van der Waals surface area (Å²) in [7, 11) is 0. The van der Waals surface area contributed by atoms with Crippen molar-refractivity contribution < 1.29 is 19.2 Å². The Morgan fingerprint density at radius 3 is 2.56 bits per heavy atom. The van der Waals surface area contributed by atoms with E-state index < -0.39 is 17.7 Å². The van der Waals surface area contributed by atoms with Crippen LogP contribution < -0.4 is 10.6 Å². The van der Waals surface area contributed by atoms with E-state index in [0.717, 1.165) is 13.1 Å². The second kappa shape index (κ2) is 11.8. The van der Waals surface area contributed by atoms with Crippen LogP contribution in [0, 0.1) is 23.2 Å². The van der Waals surface area contributed by atoms with Gasteiger partial charge >= 0.3 is 6.09 Å². The number of ether oxygens (including phenoxy) is 1. The number of nitrogens with zero attached hydrogens (tertiary/aromatic N) is 3. The van der Waals surface area contributed by atoms with Gasteiger partial charge in [0.2, 0.25) is 5.91 Å². The fourth-order valence-electron chi connectivity index (χ4n) is 4.95. The van der Waals surface area contributed by atoms with E-state index in [2.05, 4.69) is 21.6 Å². The second-order valence-corrected chi connectivity index (χ2v) is 9.92. The number of hydrogen-bond donors (Lipinski definition) is 2. The molecule has 2 amide bonds. The van der Waals surface area contributed by atoms with Crippen LogP contribution in [-0.4, -0.2) is 79.5 Å². The first-order valence-corrected chi connectivity index (χ1v) is 12.2. The number of likely N-dealkylation sites (tertiary alicyclic amines) is 1. The first-order chi connectivity index (χ1) is 15.4. The van der Waals surface area contributed by atoms with Gasteiger partial charge in [-0.25, -0.2) is 4.79 Å². The van der Waals surface area contributed by atoms with Crippen molar-refractivity contribution in [3.63, 3.8) is 0 Å². The van der Waals surface area contributed by atoms with Crippen molar-refractivity contribution in [1.29, 1.82) is 5.26 Å². The van der Waals surface area contributed by atoms with Crippen molar-refractivity contribution >= 4 is 12.0 Å². The summed E-state index contributed by atoms with van der Waals surface area (Å²) in [4.78, 5) is 33.2.